The molecule has 2 aliphatic rings. The van der Waals surface area contributed by atoms with Gasteiger partial charge in [-0.2, -0.15) is 0 Å². The van der Waals surface area contributed by atoms with Gasteiger partial charge in [0.25, 0.3) is 0 Å². The van der Waals surface area contributed by atoms with Crippen LogP contribution in [0.4, 0.5) is 17.1 Å². The molecule has 11 rings (SSSR count). The summed E-state index contributed by atoms with van der Waals surface area (Å²) in [5.41, 5.74) is 17.2. The van der Waals surface area contributed by atoms with Gasteiger partial charge < -0.3 is 4.90 Å². The minimum Gasteiger partial charge on any atom is -0.310 e. The molecule has 4 heteroatoms. The highest BCUT2D eigenvalue weighted by atomic mass is 15.2. The first-order valence-corrected chi connectivity index (χ1v) is 19.0. The zero-order valence-corrected chi connectivity index (χ0v) is 30.4. The van der Waals surface area contributed by atoms with Crippen LogP contribution >= 0.6 is 0 Å². The molecule has 0 radical (unpaired) electrons. The van der Waals surface area contributed by atoms with E-state index in [1.807, 2.05) is 48.7 Å². The average molecular weight is 715 g/mol. The molecule has 0 bridgehead atoms. The first-order chi connectivity index (χ1) is 27.8. The predicted molar refractivity (Wildman–Crippen MR) is 227 cm³/mol. The number of aromatic nitrogens is 3. The number of para-hydroxylation sites is 3. The van der Waals surface area contributed by atoms with Crippen molar-refractivity contribution >= 4 is 17.1 Å². The van der Waals surface area contributed by atoms with Gasteiger partial charge in [0, 0.05) is 23.0 Å². The Labute approximate surface area is 326 Å². The van der Waals surface area contributed by atoms with Crippen LogP contribution in [-0.4, -0.2) is 15.0 Å². The van der Waals surface area contributed by atoms with Crippen LogP contribution in [0.5, 0.6) is 0 Å². The van der Waals surface area contributed by atoms with Crippen molar-refractivity contribution in [2.75, 3.05) is 4.90 Å². The minimum atomic E-state index is -0.550. The van der Waals surface area contributed by atoms with Crippen molar-refractivity contribution in [1.29, 1.82) is 0 Å². The zero-order valence-electron chi connectivity index (χ0n) is 30.4. The summed E-state index contributed by atoms with van der Waals surface area (Å²) >= 11 is 0. The van der Waals surface area contributed by atoms with E-state index in [0.29, 0.717) is 5.82 Å². The first-order valence-electron chi connectivity index (χ1n) is 19.0. The van der Waals surface area contributed by atoms with Gasteiger partial charge in [-0.25, -0.2) is 9.97 Å². The second-order valence-corrected chi connectivity index (χ2v) is 14.3. The Morgan fingerprint density at radius 2 is 0.929 bits per heavy atom. The summed E-state index contributed by atoms with van der Waals surface area (Å²) < 4.78 is 0. The molecule has 2 aromatic heterocycles. The second kappa shape index (κ2) is 12.9. The van der Waals surface area contributed by atoms with Gasteiger partial charge in [0.2, 0.25) is 0 Å². The lowest BCUT2D eigenvalue weighted by atomic mass is 9.64. The lowest BCUT2D eigenvalue weighted by Crippen LogP contribution is -2.36. The van der Waals surface area contributed by atoms with E-state index in [2.05, 4.69) is 168 Å². The third-order valence-corrected chi connectivity index (χ3v) is 11.4. The fraction of sp³-hybridized carbons (Fsp3) is 0.0192. The van der Waals surface area contributed by atoms with Crippen LogP contribution in [0.1, 0.15) is 22.3 Å². The lowest BCUT2D eigenvalue weighted by Gasteiger charge is -2.45. The zero-order chi connectivity index (χ0) is 37.1. The molecular formula is C52H34N4. The van der Waals surface area contributed by atoms with Crippen LogP contribution in [0.2, 0.25) is 0 Å². The van der Waals surface area contributed by atoms with Gasteiger partial charge in [0.05, 0.1) is 33.9 Å². The number of hydrogen-bond acceptors (Lipinski definition) is 4. The smallest absolute Gasteiger partial charge is 0.161 e. The molecule has 56 heavy (non-hydrogen) atoms. The van der Waals surface area contributed by atoms with Gasteiger partial charge >= 0.3 is 0 Å². The quantitative estimate of drug-likeness (QED) is 0.178. The number of pyridine rings is 1. The Morgan fingerprint density at radius 3 is 1.64 bits per heavy atom. The lowest BCUT2D eigenvalue weighted by molar-refractivity contribution is 0.753. The van der Waals surface area contributed by atoms with E-state index >= 15 is 0 Å². The number of fused-ring (bicyclic) bond motifs is 9. The van der Waals surface area contributed by atoms with Crippen molar-refractivity contribution in [2.45, 2.75) is 5.41 Å². The fourth-order valence-electron chi connectivity index (χ4n) is 9.03. The van der Waals surface area contributed by atoms with Crippen LogP contribution < -0.4 is 4.90 Å². The maximum atomic E-state index is 5.23. The number of benzene rings is 7. The predicted octanol–water partition coefficient (Wildman–Crippen LogP) is 12.7. The summed E-state index contributed by atoms with van der Waals surface area (Å²) in [6.07, 6.45) is 1.81. The molecule has 262 valence electrons. The molecular weight excluding hydrogens is 681 g/mol. The van der Waals surface area contributed by atoms with Crippen molar-refractivity contribution in [2.24, 2.45) is 0 Å². The standard InChI is InChI=1S/C52H34N4/c1-3-17-35(18-4-1)47-34-48(46-27-15-16-32-53-46)55-51(54-47)41-23-8-7-21-38(41)36-30-31-40-39-22-9-10-24-42(39)52(45(40)33-36)43-25-11-13-28-49(43)56(37-19-5-2-6-20-37)50-29-14-12-26-44(50)52/h1-34H. The molecule has 9 aromatic rings. The van der Waals surface area contributed by atoms with Crippen LogP contribution in [-0.2, 0) is 5.41 Å². The highest BCUT2D eigenvalue weighted by Gasteiger charge is 2.51. The molecule has 1 spiro atoms. The van der Waals surface area contributed by atoms with Crippen molar-refractivity contribution in [1.82, 2.24) is 15.0 Å². The van der Waals surface area contributed by atoms with E-state index in [-0.39, 0.29) is 0 Å². The van der Waals surface area contributed by atoms with Crippen molar-refractivity contribution in [3.05, 3.63) is 229 Å². The summed E-state index contributed by atoms with van der Waals surface area (Å²) in [7, 11) is 0. The maximum Gasteiger partial charge on any atom is 0.161 e. The SMILES string of the molecule is c1ccc(-c2cc(-c3ccccn3)nc(-c3ccccc3-c3ccc4c(c3)C3(c5ccccc5-4)c4ccccc4N(c4ccccc4)c4ccccc43)n2)cc1. The van der Waals surface area contributed by atoms with Gasteiger partial charge in [-0.3, -0.25) is 4.98 Å². The van der Waals surface area contributed by atoms with Gasteiger partial charge in [-0.15, -0.1) is 0 Å². The molecule has 3 heterocycles. The summed E-state index contributed by atoms with van der Waals surface area (Å²) in [6.45, 7) is 0. The summed E-state index contributed by atoms with van der Waals surface area (Å²) in [4.78, 5) is 17.5. The van der Waals surface area contributed by atoms with Crippen molar-refractivity contribution < 1.29 is 0 Å². The number of anilines is 3. The van der Waals surface area contributed by atoms with Gasteiger partial charge in [0.1, 0.15) is 0 Å². The number of hydrogen-bond donors (Lipinski definition) is 0. The third-order valence-electron chi connectivity index (χ3n) is 11.4. The molecule has 0 saturated carbocycles. The fourth-order valence-corrected chi connectivity index (χ4v) is 9.03. The maximum absolute atomic E-state index is 5.23. The Kier molecular flexibility index (Phi) is 7.36. The highest BCUT2D eigenvalue weighted by molar-refractivity contribution is 5.97. The van der Waals surface area contributed by atoms with E-state index in [1.165, 1.54) is 44.8 Å². The van der Waals surface area contributed by atoms with Crippen LogP contribution in [0, 0.1) is 0 Å². The largest absolute Gasteiger partial charge is 0.310 e. The van der Waals surface area contributed by atoms with Crippen molar-refractivity contribution in [3.8, 4) is 56.3 Å². The molecule has 0 atom stereocenters. The molecule has 0 amide bonds. The van der Waals surface area contributed by atoms with Gasteiger partial charge in [-0.05, 0) is 93.0 Å². The minimum absolute atomic E-state index is 0.550. The molecule has 0 N–H and O–H groups in total. The van der Waals surface area contributed by atoms with Crippen LogP contribution in [0.15, 0.2) is 206 Å². The molecule has 0 saturated heterocycles. The molecule has 0 unspecified atom stereocenters. The molecule has 4 nitrogen and oxygen atoms in total. The van der Waals surface area contributed by atoms with Gasteiger partial charge in [-0.1, -0.05) is 152 Å². The topological polar surface area (TPSA) is 41.9 Å². The first kappa shape index (κ1) is 32.0. The average Bonchev–Trinajstić information content (AvgIpc) is 3.57. The van der Waals surface area contributed by atoms with Crippen LogP contribution in [0.25, 0.3) is 56.3 Å². The van der Waals surface area contributed by atoms with E-state index in [4.69, 9.17) is 9.97 Å². The van der Waals surface area contributed by atoms with Crippen molar-refractivity contribution in [3.63, 3.8) is 0 Å². The number of nitrogens with zero attached hydrogens (tertiary/aromatic N) is 4. The van der Waals surface area contributed by atoms with E-state index < -0.39 is 5.41 Å². The molecule has 0 fully saturated rings. The summed E-state index contributed by atoms with van der Waals surface area (Å²) in [5.74, 6) is 0.660. The Bertz CT molecular complexity index is 2820. The third kappa shape index (κ3) is 4.83. The number of rotatable bonds is 5. The summed E-state index contributed by atoms with van der Waals surface area (Å²) in [6, 6.07) is 71.4. The normalized spacial score (nSPS) is 13.1. The molecule has 7 aromatic carbocycles. The van der Waals surface area contributed by atoms with E-state index in [1.54, 1.807) is 0 Å². The highest BCUT2D eigenvalue weighted by Crippen LogP contribution is 2.63. The van der Waals surface area contributed by atoms with Gasteiger partial charge in [0.15, 0.2) is 5.82 Å². The monoisotopic (exact) mass is 714 g/mol. The Balaban J connectivity index is 1.15. The van der Waals surface area contributed by atoms with E-state index in [9.17, 15) is 0 Å². The molecule has 1 aliphatic heterocycles. The Hall–Kier alpha value is -7.43. The van der Waals surface area contributed by atoms with E-state index in [0.717, 1.165) is 45.0 Å². The second-order valence-electron chi connectivity index (χ2n) is 14.3. The van der Waals surface area contributed by atoms with Crippen LogP contribution in [0.3, 0.4) is 0 Å². The Morgan fingerprint density at radius 1 is 0.357 bits per heavy atom. The summed E-state index contributed by atoms with van der Waals surface area (Å²) in [5, 5.41) is 0. The molecule has 1 aliphatic carbocycles.